The number of carboxylic acid groups (broad SMARTS) is 1. The van der Waals surface area contributed by atoms with Crippen LogP contribution in [-0.4, -0.2) is 27.6 Å². The Morgan fingerprint density at radius 2 is 2.23 bits per heavy atom. The summed E-state index contributed by atoms with van der Waals surface area (Å²) in [6, 6.07) is 1.38. The van der Waals surface area contributed by atoms with Gasteiger partial charge in [-0.05, 0) is 19.1 Å². The van der Waals surface area contributed by atoms with E-state index in [9.17, 15) is 14.3 Å². The maximum atomic E-state index is 14.6. The molecule has 0 saturated carbocycles. The van der Waals surface area contributed by atoms with E-state index in [0.29, 0.717) is 5.65 Å². The van der Waals surface area contributed by atoms with Gasteiger partial charge in [-0.15, -0.1) is 0 Å². The number of hydrogen-bond acceptors (Lipinski definition) is 3. The molecule has 114 valence electrons. The number of aryl methyl sites for hydroxylation is 1. The van der Waals surface area contributed by atoms with Crippen molar-refractivity contribution in [3.63, 3.8) is 0 Å². The average molecular weight is 302 g/mol. The van der Waals surface area contributed by atoms with Gasteiger partial charge in [0.25, 0.3) is 0 Å². The van der Waals surface area contributed by atoms with E-state index >= 15 is 0 Å². The first kappa shape index (κ1) is 15.5. The predicted molar refractivity (Wildman–Crippen MR) is 81.3 cm³/mol. The molecule has 0 amide bonds. The van der Waals surface area contributed by atoms with Gasteiger partial charge in [0.15, 0.2) is 11.6 Å². The van der Waals surface area contributed by atoms with Crippen LogP contribution < -0.4 is 0 Å². The molecule has 2 aromatic heterocycles. The van der Waals surface area contributed by atoms with Crippen molar-refractivity contribution in [2.24, 2.45) is 0 Å². The number of rotatable bonds is 5. The molecule has 0 fully saturated rings. The highest BCUT2D eigenvalue weighted by atomic mass is 19.1. The molecule has 2 heterocycles. The molecule has 0 aromatic carbocycles. The van der Waals surface area contributed by atoms with Crippen molar-refractivity contribution in [3.8, 4) is 0 Å². The zero-order valence-corrected chi connectivity index (χ0v) is 12.2. The van der Waals surface area contributed by atoms with Crippen LogP contribution in [0, 0.1) is 6.92 Å². The zero-order valence-electron chi connectivity index (χ0n) is 12.2. The zero-order chi connectivity index (χ0) is 16.3. The highest BCUT2D eigenvalue weighted by Crippen LogP contribution is 2.27. The van der Waals surface area contributed by atoms with Crippen molar-refractivity contribution in [2.45, 2.75) is 6.92 Å². The Morgan fingerprint density at radius 1 is 1.50 bits per heavy atom. The molecule has 0 aliphatic heterocycles. The quantitative estimate of drug-likeness (QED) is 0.679. The monoisotopic (exact) mass is 302 g/mol. The lowest BCUT2D eigenvalue weighted by Gasteiger charge is -2.09. The van der Waals surface area contributed by atoms with Crippen LogP contribution >= 0.6 is 0 Å². The molecule has 0 bridgehead atoms. The minimum absolute atomic E-state index is 0.0869. The van der Waals surface area contributed by atoms with Crippen LogP contribution in [0.25, 0.3) is 11.5 Å². The van der Waals surface area contributed by atoms with Gasteiger partial charge in [0.2, 0.25) is 0 Å². The van der Waals surface area contributed by atoms with Gasteiger partial charge in [0, 0.05) is 23.7 Å². The molecule has 0 aliphatic rings. The molecule has 22 heavy (non-hydrogen) atoms. The van der Waals surface area contributed by atoms with E-state index in [4.69, 9.17) is 4.74 Å². The molecule has 2 rings (SSSR count). The van der Waals surface area contributed by atoms with Crippen molar-refractivity contribution in [1.29, 1.82) is 0 Å². The van der Waals surface area contributed by atoms with E-state index in [1.54, 1.807) is 17.5 Å². The second-order valence-corrected chi connectivity index (χ2v) is 4.51. The summed E-state index contributed by atoms with van der Waals surface area (Å²) in [5.74, 6) is -2.10. The predicted octanol–water partition coefficient (Wildman–Crippen LogP) is 3.37. The Labute approximate surface area is 126 Å². The Kier molecular flexibility index (Phi) is 4.41. The van der Waals surface area contributed by atoms with Crippen LogP contribution in [0.4, 0.5) is 4.39 Å². The van der Waals surface area contributed by atoms with E-state index in [0.717, 1.165) is 5.69 Å². The van der Waals surface area contributed by atoms with Gasteiger partial charge in [0.1, 0.15) is 5.65 Å². The van der Waals surface area contributed by atoms with Crippen molar-refractivity contribution in [3.05, 3.63) is 65.8 Å². The number of allylic oxidation sites excluding steroid dienone is 3. The number of ether oxygens (including phenoxy) is 1. The number of halogens is 1. The van der Waals surface area contributed by atoms with Crippen molar-refractivity contribution < 1.29 is 19.0 Å². The number of fused-ring (bicyclic) bond motifs is 1. The first-order chi connectivity index (χ1) is 10.5. The summed E-state index contributed by atoms with van der Waals surface area (Å²) in [5.41, 5.74) is 0.951. The summed E-state index contributed by atoms with van der Waals surface area (Å²) in [4.78, 5) is 15.5. The fourth-order valence-corrected chi connectivity index (χ4v) is 2.02. The summed E-state index contributed by atoms with van der Waals surface area (Å²) in [5, 5.41) is 9.33. The van der Waals surface area contributed by atoms with Crippen molar-refractivity contribution in [1.82, 2.24) is 9.38 Å². The summed E-state index contributed by atoms with van der Waals surface area (Å²) in [6.45, 7) is 5.28. The SMILES string of the molecule is C=C/C=C\C(OC)=C(/F)c1cc2ncc(C)n2cc1C(=O)O. The fraction of sp³-hybridized carbons (Fsp3) is 0.125. The minimum Gasteiger partial charge on any atom is -0.494 e. The second-order valence-electron chi connectivity index (χ2n) is 4.51. The Bertz CT molecular complexity index is 803. The Balaban J connectivity index is 2.74. The molecular formula is C16H15FN2O3. The summed E-state index contributed by atoms with van der Waals surface area (Å²) >= 11 is 0. The number of aromatic nitrogens is 2. The molecule has 5 nitrogen and oxygen atoms in total. The first-order valence-corrected chi connectivity index (χ1v) is 6.43. The number of hydrogen-bond donors (Lipinski definition) is 1. The number of aromatic carboxylic acids is 1. The summed E-state index contributed by atoms with van der Waals surface area (Å²) in [7, 11) is 1.31. The van der Waals surface area contributed by atoms with Gasteiger partial charge < -0.3 is 14.2 Å². The smallest absolute Gasteiger partial charge is 0.337 e. The van der Waals surface area contributed by atoms with Crippen LogP contribution in [0.15, 0.2) is 49.0 Å². The van der Waals surface area contributed by atoms with Crippen LogP contribution in [-0.2, 0) is 4.74 Å². The van der Waals surface area contributed by atoms with Crippen LogP contribution in [0.3, 0.4) is 0 Å². The lowest BCUT2D eigenvalue weighted by Crippen LogP contribution is -2.05. The maximum Gasteiger partial charge on any atom is 0.337 e. The molecule has 0 aliphatic carbocycles. The maximum absolute atomic E-state index is 14.6. The van der Waals surface area contributed by atoms with Gasteiger partial charge in [-0.1, -0.05) is 18.7 Å². The van der Waals surface area contributed by atoms with Gasteiger partial charge in [-0.25, -0.2) is 14.2 Å². The molecule has 1 N–H and O–H groups in total. The van der Waals surface area contributed by atoms with Gasteiger partial charge >= 0.3 is 5.97 Å². The Hall–Kier alpha value is -2.89. The third-order valence-electron chi connectivity index (χ3n) is 3.12. The van der Waals surface area contributed by atoms with E-state index in [-0.39, 0.29) is 16.9 Å². The molecule has 2 aromatic rings. The third-order valence-corrected chi connectivity index (χ3v) is 3.12. The topological polar surface area (TPSA) is 63.8 Å². The van der Waals surface area contributed by atoms with Gasteiger partial charge in [-0.2, -0.15) is 0 Å². The number of imidazole rings is 1. The number of pyridine rings is 1. The molecule has 0 saturated heterocycles. The highest BCUT2D eigenvalue weighted by Gasteiger charge is 2.19. The molecule has 0 spiro atoms. The second kappa shape index (κ2) is 6.26. The minimum atomic E-state index is -1.23. The first-order valence-electron chi connectivity index (χ1n) is 6.43. The third kappa shape index (κ3) is 2.76. The number of carbonyl (C=O) groups is 1. The van der Waals surface area contributed by atoms with E-state index < -0.39 is 11.8 Å². The van der Waals surface area contributed by atoms with E-state index in [1.165, 1.54) is 37.6 Å². The van der Waals surface area contributed by atoms with Gasteiger partial charge in [0.05, 0.1) is 12.7 Å². The average Bonchev–Trinajstić information content (AvgIpc) is 2.87. The molecule has 6 heteroatoms. The van der Waals surface area contributed by atoms with Crippen molar-refractivity contribution >= 4 is 17.4 Å². The number of methoxy groups -OCH3 is 1. The largest absolute Gasteiger partial charge is 0.494 e. The highest BCUT2D eigenvalue weighted by molar-refractivity contribution is 5.94. The van der Waals surface area contributed by atoms with Crippen LogP contribution in [0.1, 0.15) is 21.6 Å². The van der Waals surface area contributed by atoms with Crippen molar-refractivity contribution in [2.75, 3.05) is 7.11 Å². The fourth-order valence-electron chi connectivity index (χ4n) is 2.02. The molecular weight excluding hydrogens is 287 g/mol. The molecule has 0 atom stereocenters. The molecule has 0 unspecified atom stereocenters. The Morgan fingerprint density at radius 3 is 2.82 bits per heavy atom. The number of nitrogens with zero attached hydrogens (tertiary/aromatic N) is 2. The lowest BCUT2D eigenvalue weighted by molar-refractivity contribution is 0.0695. The normalized spacial score (nSPS) is 12.5. The van der Waals surface area contributed by atoms with Crippen LogP contribution in [0.2, 0.25) is 0 Å². The lowest BCUT2D eigenvalue weighted by atomic mass is 10.1. The molecule has 0 radical (unpaired) electrons. The summed E-state index contributed by atoms with van der Waals surface area (Å²) in [6.07, 6.45) is 7.26. The van der Waals surface area contributed by atoms with Crippen LogP contribution in [0.5, 0.6) is 0 Å². The van der Waals surface area contributed by atoms with E-state index in [1.807, 2.05) is 0 Å². The van der Waals surface area contributed by atoms with E-state index in [2.05, 4.69) is 11.6 Å². The van der Waals surface area contributed by atoms with Gasteiger partial charge in [-0.3, -0.25) is 0 Å². The number of carboxylic acids is 1. The standard InChI is InChI=1S/C16H15FN2O3/c1-4-5-6-13(22-3)15(17)11-7-14-18-8-10(2)19(14)9-12(11)16(20)21/h4-9H,1H2,2-3H3,(H,20,21)/b6-5-,15-13+. The summed E-state index contributed by atoms with van der Waals surface area (Å²) < 4.78 is 21.2.